The van der Waals surface area contributed by atoms with Crippen LogP contribution in [0.2, 0.25) is 0 Å². The summed E-state index contributed by atoms with van der Waals surface area (Å²) >= 11 is 1.79. The third kappa shape index (κ3) is 2.82. The standard InChI is InChI=1S/C13H17N3S/c1-9-2-5-11-12(8-9)16-13(15-11)17-7-6-14-10-3-4-10/h2,5,8,10,14H,3-4,6-7H2,1H3,(H,15,16). The first-order chi connectivity index (χ1) is 8.31. The molecule has 0 atom stereocenters. The first-order valence-electron chi connectivity index (χ1n) is 6.14. The number of hydrogen-bond acceptors (Lipinski definition) is 3. The number of rotatable bonds is 5. The lowest BCUT2D eigenvalue weighted by molar-refractivity contribution is 0.725. The maximum absolute atomic E-state index is 4.57. The number of benzene rings is 1. The Morgan fingerprint density at radius 2 is 2.35 bits per heavy atom. The Bertz CT molecular complexity index is 516. The zero-order valence-electron chi connectivity index (χ0n) is 9.99. The van der Waals surface area contributed by atoms with Crippen LogP contribution in [-0.2, 0) is 0 Å². The normalized spacial score (nSPS) is 15.6. The van der Waals surface area contributed by atoms with Crippen LogP contribution in [0.1, 0.15) is 18.4 Å². The van der Waals surface area contributed by atoms with Gasteiger partial charge in [0.05, 0.1) is 11.0 Å². The third-order valence-corrected chi connectivity index (χ3v) is 3.84. The van der Waals surface area contributed by atoms with Crippen molar-refractivity contribution in [1.29, 1.82) is 0 Å². The summed E-state index contributed by atoms with van der Waals surface area (Å²) in [5, 5.41) is 4.54. The molecule has 1 heterocycles. The predicted molar refractivity (Wildman–Crippen MR) is 72.6 cm³/mol. The minimum Gasteiger partial charge on any atom is -0.333 e. The number of aromatic nitrogens is 2. The zero-order valence-corrected chi connectivity index (χ0v) is 10.8. The fourth-order valence-corrected chi connectivity index (χ4v) is 2.62. The molecule has 2 aromatic rings. The van der Waals surface area contributed by atoms with Gasteiger partial charge in [0.25, 0.3) is 0 Å². The van der Waals surface area contributed by atoms with Gasteiger partial charge in [-0.3, -0.25) is 0 Å². The van der Waals surface area contributed by atoms with E-state index in [1.54, 1.807) is 11.8 Å². The summed E-state index contributed by atoms with van der Waals surface area (Å²) in [5.74, 6) is 1.08. The molecule has 1 aliphatic rings. The minimum absolute atomic E-state index is 0.800. The molecule has 1 fully saturated rings. The van der Waals surface area contributed by atoms with Crippen molar-refractivity contribution >= 4 is 22.8 Å². The van der Waals surface area contributed by atoms with Crippen molar-refractivity contribution in [3.63, 3.8) is 0 Å². The molecular formula is C13H17N3S. The van der Waals surface area contributed by atoms with E-state index < -0.39 is 0 Å². The van der Waals surface area contributed by atoms with Crippen LogP contribution in [0.15, 0.2) is 23.4 Å². The van der Waals surface area contributed by atoms with Crippen molar-refractivity contribution in [2.45, 2.75) is 31.0 Å². The largest absolute Gasteiger partial charge is 0.333 e. The molecule has 0 aliphatic heterocycles. The summed E-state index contributed by atoms with van der Waals surface area (Å²) in [5.41, 5.74) is 3.48. The van der Waals surface area contributed by atoms with Gasteiger partial charge in [-0.15, -0.1) is 0 Å². The lowest BCUT2D eigenvalue weighted by atomic mass is 10.2. The number of nitrogens with zero attached hydrogens (tertiary/aromatic N) is 1. The predicted octanol–water partition coefficient (Wildman–Crippen LogP) is 2.72. The van der Waals surface area contributed by atoms with Gasteiger partial charge in [0, 0.05) is 18.3 Å². The first-order valence-corrected chi connectivity index (χ1v) is 7.12. The summed E-state index contributed by atoms with van der Waals surface area (Å²) in [6.45, 7) is 3.18. The Hall–Kier alpha value is -1.00. The molecule has 0 saturated heterocycles. The van der Waals surface area contributed by atoms with Gasteiger partial charge < -0.3 is 10.3 Å². The summed E-state index contributed by atoms with van der Waals surface area (Å²) in [6.07, 6.45) is 2.71. The summed E-state index contributed by atoms with van der Waals surface area (Å²) in [7, 11) is 0. The average molecular weight is 247 g/mol. The van der Waals surface area contributed by atoms with Crippen molar-refractivity contribution in [3.05, 3.63) is 23.8 Å². The molecular weight excluding hydrogens is 230 g/mol. The van der Waals surface area contributed by atoms with E-state index in [9.17, 15) is 0 Å². The molecule has 3 nitrogen and oxygen atoms in total. The summed E-state index contributed by atoms with van der Waals surface area (Å²) in [4.78, 5) is 7.93. The molecule has 0 spiro atoms. The maximum Gasteiger partial charge on any atom is 0.166 e. The molecule has 1 aromatic carbocycles. The van der Waals surface area contributed by atoms with Crippen LogP contribution in [0.25, 0.3) is 11.0 Å². The van der Waals surface area contributed by atoms with Gasteiger partial charge in [0.2, 0.25) is 0 Å². The highest BCUT2D eigenvalue weighted by Crippen LogP contribution is 2.21. The van der Waals surface area contributed by atoms with Crippen molar-refractivity contribution in [3.8, 4) is 0 Å². The number of thioether (sulfide) groups is 1. The van der Waals surface area contributed by atoms with E-state index in [0.717, 1.165) is 34.5 Å². The van der Waals surface area contributed by atoms with Crippen LogP contribution in [0.3, 0.4) is 0 Å². The quantitative estimate of drug-likeness (QED) is 0.630. The molecule has 90 valence electrons. The minimum atomic E-state index is 0.800. The van der Waals surface area contributed by atoms with Crippen LogP contribution >= 0.6 is 11.8 Å². The maximum atomic E-state index is 4.57. The number of imidazole rings is 1. The fraction of sp³-hybridized carbons (Fsp3) is 0.462. The number of aromatic amines is 1. The highest BCUT2D eigenvalue weighted by Gasteiger charge is 2.19. The van der Waals surface area contributed by atoms with Crippen molar-refractivity contribution in [1.82, 2.24) is 15.3 Å². The molecule has 17 heavy (non-hydrogen) atoms. The first kappa shape index (κ1) is 11.1. The Morgan fingerprint density at radius 3 is 3.18 bits per heavy atom. The smallest absolute Gasteiger partial charge is 0.166 e. The molecule has 1 aliphatic carbocycles. The van der Waals surface area contributed by atoms with Gasteiger partial charge in [-0.05, 0) is 37.5 Å². The second kappa shape index (κ2) is 4.70. The average Bonchev–Trinajstić information content (AvgIpc) is 3.04. The molecule has 0 unspecified atom stereocenters. The second-order valence-corrected chi connectivity index (χ2v) is 5.72. The molecule has 3 rings (SSSR count). The summed E-state index contributed by atoms with van der Waals surface area (Å²) in [6, 6.07) is 7.13. The van der Waals surface area contributed by atoms with E-state index in [0.29, 0.717) is 0 Å². The van der Waals surface area contributed by atoms with Gasteiger partial charge in [-0.25, -0.2) is 4.98 Å². The van der Waals surface area contributed by atoms with Crippen LogP contribution in [-0.4, -0.2) is 28.3 Å². The van der Waals surface area contributed by atoms with Gasteiger partial charge >= 0.3 is 0 Å². The highest BCUT2D eigenvalue weighted by atomic mass is 32.2. The molecule has 0 amide bonds. The topological polar surface area (TPSA) is 40.7 Å². The van der Waals surface area contributed by atoms with Gasteiger partial charge in [-0.2, -0.15) is 0 Å². The number of aryl methyl sites for hydroxylation is 1. The second-order valence-electron chi connectivity index (χ2n) is 4.64. The zero-order chi connectivity index (χ0) is 11.7. The van der Waals surface area contributed by atoms with Crippen LogP contribution in [0, 0.1) is 6.92 Å². The molecule has 2 N–H and O–H groups in total. The van der Waals surface area contributed by atoms with Crippen LogP contribution in [0.5, 0.6) is 0 Å². The van der Waals surface area contributed by atoms with Gasteiger partial charge in [0.15, 0.2) is 5.16 Å². The SMILES string of the molecule is Cc1ccc2nc(SCCNC3CC3)[nH]c2c1. The van der Waals surface area contributed by atoms with Crippen molar-refractivity contribution < 1.29 is 0 Å². The Kier molecular flexibility index (Phi) is 3.07. The monoisotopic (exact) mass is 247 g/mol. The van der Waals surface area contributed by atoms with Gasteiger partial charge in [-0.1, -0.05) is 17.8 Å². The van der Waals surface area contributed by atoms with Crippen molar-refractivity contribution in [2.75, 3.05) is 12.3 Å². The molecule has 0 radical (unpaired) electrons. The summed E-state index contributed by atoms with van der Waals surface area (Å²) < 4.78 is 0. The lowest BCUT2D eigenvalue weighted by Gasteiger charge is -1.99. The van der Waals surface area contributed by atoms with E-state index in [1.807, 2.05) is 0 Å². The van der Waals surface area contributed by atoms with E-state index >= 15 is 0 Å². The van der Waals surface area contributed by atoms with Gasteiger partial charge in [0.1, 0.15) is 0 Å². The molecule has 1 aromatic heterocycles. The Balaban J connectivity index is 1.60. The molecule has 1 saturated carbocycles. The van der Waals surface area contributed by atoms with Crippen molar-refractivity contribution in [2.24, 2.45) is 0 Å². The van der Waals surface area contributed by atoms with E-state index in [4.69, 9.17) is 0 Å². The number of hydrogen-bond donors (Lipinski definition) is 2. The van der Waals surface area contributed by atoms with E-state index in [-0.39, 0.29) is 0 Å². The van der Waals surface area contributed by atoms with Crippen LogP contribution < -0.4 is 5.32 Å². The number of fused-ring (bicyclic) bond motifs is 1. The Labute approximate surface area is 105 Å². The van der Waals surface area contributed by atoms with E-state index in [2.05, 4.69) is 40.4 Å². The number of nitrogens with one attached hydrogen (secondary N) is 2. The highest BCUT2D eigenvalue weighted by molar-refractivity contribution is 7.99. The van der Waals surface area contributed by atoms with Crippen LogP contribution in [0.4, 0.5) is 0 Å². The Morgan fingerprint density at radius 1 is 1.47 bits per heavy atom. The molecule has 4 heteroatoms. The third-order valence-electron chi connectivity index (χ3n) is 2.97. The lowest BCUT2D eigenvalue weighted by Crippen LogP contribution is -2.19. The fourth-order valence-electron chi connectivity index (χ4n) is 1.87. The molecule has 0 bridgehead atoms. The van der Waals surface area contributed by atoms with E-state index in [1.165, 1.54) is 18.4 Å². The number of H-pyrrole nitrogens is 1.